The van der Waals surface area contributed by atoms with Gasteiger partial charge in [0, 0.05) is 59.3 Å². The van der Waals surface area contributed by atoms with Crippen molar-refractivity contribution in [1.29, 1.82) is 0 Å². The van der Waals surface area contributed by atoms with E-state index in [1.165, 1.54) is 11.1 Å². The van der Waals surface area contributed by atoms with Gasteiger partial charge in [0.25, 0.3) is 0 Å². The van der Waals surface area contributed by atoms with Crippen molar-refractivity contribution >= 4 is 11.8 Å². The van der Waals surface area contributed by atoms with E-state index in [2.05, 4.69) is 39.4 Å². The van der Waals surface area contributed by atoms with Crippen molar-refractivity contribution < 1.29 is 9.59 Å². The highest BCUT2D eigenvalue weighted by Crippen LogP contribution is 2.10. The lowest BCUT2D eigenvalue weighted by molar-refractivity contribution is -0.130. The second kappa shape index (κ2) is 11.5. The van der Waals surface area contributed by atoms with Crippen LogP contribution in [0.5, 0.6) is 0 Å². The van der Waals surface area contributed by atoms with Gasteiger partial charge < -0.3 is 10.2 Å². The van der Waals surface area contributed by atoms with Gasteiger partial charge in [-0.15, -0.1) is 0 Å². The summed E-state index contributed by atoms with van der Waals surface area (Å²) < 4.78 is 0. The Labute approximate surface area is 179 Å². The van der Waals surface area contributed by atoms with Crippen LogP contribution in [0.1, 0.15) is 18.1 Å². The van der Waals surface area contributed by atoms with Gasteiger partial charge in [0.1, 0.15) is 0 Å². The fraction of sp³-hybridized carbons (Fsp3) is 0.417. The van der Waals surface area contributed by atoms with Gasteiger partial charge in [0.05, 0.1) is 6.54 Å². The minimum absolute atomic E-state index is 0.0456. The molecule has 0 saturated carbocycles. The number of rotatable bonds is 9. The van der Waals surface area contributed by atoms with Crippen LogP contribution in [-0.2, 0) is 22.7 Å². The smallest absolute Gasteiger partial charge is 0.234 e. The Bertz CT molecular complexity index is 748. The minimum Gasteiger partial charge on any atom is -0.354 e. The van der Waals surface area contributed by atoms with Crippen molar-refractivity contribution in [2.24, 2.45) is 0 Å². The molecule has 2 amide bonds. The van der Waals surface area contributed by atoms with Gasteiger partial charge in [-0.2, -0.15) is 0 Å². The highest BCUT2D eigenvalue weighted by atomic mass is 16.2. The monoisotopic (exact) mass is 408 g/mol. The summed E-state index contributed by atoms with van der Waals surface area (Å²) in [5.74, 6) is 0.184. The van der Waals surface area contributed by atoms with Crippen molar-refractivity contribution in [3.63, 3.8) is 0 Å². The number of benzene rings is 2. The van der Waals surface area contributed by atoms with Crippen LogP contribution in [0, 0.1) is 0 Å². The highest BCUT2D eigenvalue weighted by molar-refractivity contribution is 5.78. The molecule has 3 rings (SSSR count). The SMILES string of the molecule is CC(=O)N1CCN(CCNC(=O)CN(Cc2ccccc2)Cc2ccccc2)CC1. The van der Waals surface area contributed by atoms with E-state index >= 15 is 0 Å². The second-order valence-electron chi connectivity index (χ2n) is 7.81. The Kier molecular flexibility index (Phi) is 8.41. The van der Waals surface area contributed by atoms with Gasteiger partial charge in [-0.05, 0) is 11.1 Å². The molecule has 6 nitrogen and oxygen atoms in total. The average molecular weight is 409 g/mol. The van der Waals surface area contributed by atoms with Gasteiger partial charge in [-0.25, -0.2) is 0 Å². The molecule has 1 heterocycles. The lowest BCUT2D eigenvalue weighted by atomic mass is 10.1. The Morgan fingerprint density at radius 1 is 0.867 bits per heavy atom. The quantitative estimate of drug-likeness (QED) is 0.689. The molecule has 1 aliphatic rings. The maximum absolute atomic E-state index is 12.6. The van der Waals surface area contributed by atoms with Gasteiger partial charge in [-0.1, -0.05) is 60.7 Å². The van der Waals surface area contributed by atoms with E-state index < -0.39 is 0 Å². The van der Waals surface area contributed by atoms with Crippen LogP contribution >= 0.6 is 0 Å². The predicted molar refractivity (Wildman–Crippen MR) is 119 cm³/mol. The molecule has 1 saturated heterocycles. The normalized spacial score (nSPS) is 14.7. The van der Waals surface area contributed by atoms with E-state index in [0.29, 0.717) is 13.1 Å². The van der Waals surface area contributed by atoms with Crippen LogP contribution in [0.3, 0.4) is 0 Å². The maximum Gasteiger partial charge on any atom is 0.234 e. The van der Waals surface area contributed by atoms with E-state index in [1.807, 2.05) is 41.3 Å². The fourth-order valence-electron chi connectivity index (χ4n) is 3.75. The molecular weight excluding hydrogens is 376 g/mol. The number of carbonyl (C=O) groups is 2. The molecule has 1 N–H and O–H groups in total. The number of carbonyl (C=O) groups excluding carboxylic acids is 2. The van der Waals surface area contributed by atoms with E-state index in [0.717, 1.165) is 45.8 Å². The summed E-state index contributed by atoms with van der Waals surface area (Å²) in [6.45, 7) is 8.16. The first-order valence-electron chi connectivity index (χ1n) is 10.6. The summed E-state index contributed by atoms with van der Waals surface area (Å²) in [5.41, 5.74) is 2.40. The van der Waals surface area contributed by atoms with Gasteiger partial charge in [0.15, 0.2) is 0 Å². The Hall–Kier alpha value is -2.70. The molecule has 0 aliphatic carbocycles. The fourth-order valence-corrected chi connectivity index (χ4v) is 3.75. The molecule has 0 atom stereocenters. The van der Waals surface area contributed by atoms with Crippen LogP contribution < -0.4 is 5.32 Å². The third-order valence-corrected chi connectivity index (χ3v) is 5.43. The highest BCUT2D eigenvalue weighted by Gasteiger charge is 2.18. The second-order valence-corrected chi connectivity index (χ2v) is 7.81. The first-order chi connectivity index (χ1) is 14.6. The summed E-state index contributed by atoms with van der Waals surface area (Å²) >= 11 is 0. The zero-order valence-electron chi connectivity index (χ0n) is 17.8. The Morgan fingerprint density at radius 2 is 1.40 bits per heavy atom. The summed E-state index contributed by atoms with van der Waals surface area (Å²) in [6.07, 6.45) is 0. The van der Waals surface area contributed by atoms with Gasteiger partial charge >= 0.3 is 0 Å². The molecule has 6 heteroatoms. The van der Waals surface area contributed by atoms with Crippen molar-refractivity contribution in [2.75, 3.05) is 45.8 Å². The number of nitrogens with one attached hydrogen (secondary N) is 1. The zero-order valence-corrected chi connectivity index (χ0v) is 17.8. The van der Waals surface area contributed by atoms with Gasteiger partial charge in [0.2, 0.25) is 11.8 Å². The zero-order chi connectivity index (χ0) is 21.2. The van der Waals surface area contributed by atoms with Crippen molar-refractivity contribution in [3.05, 3.63) is 71.8 Å². The number of piperazine rings is 1. The number of hydrogen-bond donors (Lipinski definition) is 1. The topological polar surface area (TPSA) is 55.9 Å². The average Bonchev–Trinajstić information content (AvgIpc) is 2.75. The minimum atomic E-state index is 0.0456. The summed E-state index contributed by atoms with van der Waals surface area (Å²) in [5, 5.41) is 3.06. The molecule has 2 aromatic carbocycles. The molecule has 0 bridgehead atoms. The number of nitrogens with zero attached hydrogens (tertiary/aromatic N) is 3. The standard InChI is InChI=1S/C24H32N4O2/c1-21(29)28-16-14-26(15-17-28)13-12-25-24(30)20-27(18-22-8-4-2-5-9-22)19-23-10-6-3-7-11-23/h2-11H,12-20H2,1H3,(H,25,30). The lowest BCUT2D eigenvalue weighted by Gasteiger charge is -2.34. The Balaban J connectivity index is 1.46. The maximum atomic E-state index is 12.6. The third-order valence-electron chi connectivity index (χ3n) is 5.43. The van der Waals surface area contributed by atoms with Crippen LogP contribution in [0.2, 0.25) is 0 Å². The van der Waals surface area contributed by atoms with E-state index in [4.69, 9.17) is 0 Å². The van der Waals surface area contributed by atoms with E-state index in [-0.39, 0.29) is 11.8 Å². The van der Waals surface area contributed by atoms with Crippen molar-refractivity contribution in [2.45, 2.75) is 20.0 Å². The first kappa shape index (κ1) is 22.0. The molecule has 2 aromatic rings. The number of amides is 2. The predicted octanol–water partition coefficient (Wildman–Crippen LogP) is 1.97. The number of hydrogen-bond acceptors (Lipinski definition) is 4. The third kappa shape index (κ3) is 7.28. The van der Waals surface area contributed by atoms with E-state index in [1.54, 1.807) is 6.92 Å². The van der Waals surface area contributed by atoms with E-state index in [9.17, 15) is 9.59 Å². The summed E-state index contributed by atoms with van der Waals surface area (Å²) in [7, 11) is 0. The first-order valence-corrected chi connectivity index (χ1v) is 10.6. The van der Waals surface area contributed by atoms with Crippen molar-refractivity contribution in [3.8, 4) is 0 Å². The van der Waals surface area contributed by atoms with Crippen LogP contribution in [0.25, 0.3) is 0 Å². The largest absolute Gasteiger partial charge is 0.354 e. The molecule has 0 radical (unpaired) electrons. The molecule has 1 aliphatic heterocycles. The Morgan fingerprint density at radius 3 is 1.90 bits per heavy atom. The molecule has 1 fully saturated rings. The molecular formula is C24H32N4O2. The molecule has 0 unspecified atom stereocenters. The van der Waals surface area contributed by atoms with Crippen LogP contribution in [-0.4, -0.2) is 72.3 Å². The summed E-state index contributed by atoms with van der Waals surface area (Å²) in [4.78, 5) is 30.4. The van der Waals surface area contributed by atoms with Crippen LogP contribution in [0.15, 0.2) is 60.7 Å². The van der Waals surface area contributed by atoms with Crippen molar-refractivity contribution in [1.82, 2.24) is 20.0 Å². The lowest BCUT2D eigenvalue weighted by Crippen LogP contribution is -2.50. The summed E-state index contributed by atoms with van der Waals surface area (Å²) in [6, 6.07) is 20.5. The van der Waals surface area contributed by atoms with Gasteiger partial charge in [-0.3, -0.25) is 19.4 Å². The molecule has 0 spiro atoms. The van der Waals surface area contributed by atoms with Crippen LogP contribution in [0.4, 0.5) is 0 Å². The molecule has 160 valence electrons. The molecule has 0 aromatic heterocycles. The molecule has 30 heavy (non-hydrogen) atoms.